The minimum Gasteiger partial charge on any atom is -0.374 e. The van der Waals surface area contributed by atoms with Gasteiger partial charge in [-0.05, 0) is 38.4 Å². The van der Waals surface area contributed by atoms with Crippen molar-refractivity contribution < 1.29 is 9.13 Å². The first-order valence-electron chi connectivity index (χ1n) is 7.67. The van der Waals surface area contributed by atoms with Crippen molar-refractivity contribution in [3.63, 3.8) is 0 Å². The Morgan fingerprint density at radius 1 is 1.52 bits per heavy atom. The van der Waals surface area contributed by atoms with Crippen molar-refractivity contribution in [2.75, 3.05) is 26.2 Å². The van der Waals surface area contributed by atoms with Crippen LogP contribution < -0.4 is 5.32 Å². The fraction of sp³-hybridized carbons (Fsp3) is 0.625. The van der Waals surface area contributed by atoms with E-state index in [-0.39, 0.29) is 18.0 Å². The molecule has 2 fully saturated rings. The number of hydrogen-bond donors (Lipinski definition) is 1. The molecule has 3 unspecified atom stereocenters. The number of fused-ring (bicyclic) bond motifs is 1. The summed E-state index contributed by atoms with van der Waals surface area (Å²) in [7, 11) is 0. The van der Waals surface area contributed by atoms with Crippen molar-refractivity contribution >= 4 is 15.9 Å². The predicted molar refractivity (Wildman–Crippen MR) is 84.9 cm³/mol. The summed E-state index contributed by atoms with van der Waals surface area (Å²) in [5, 5.41) is 3.40. The highest BCUT2D eigenvalue weighted by molar-refractivity contribution is 9.10. The molecule has 116 valence electrons. The molecule has 0 spiro atoms. The molecule has 2 heterocycles. The Morgan fingerprint density at radius 3 is 3.19 bits per heavy atom. The van der Waals surface area contributed by atoms with Crippen LogP contribution >= 0.6 is 15.9 Å². The highest BCUT2D eigenvalue weighted by atomic mass is 79.9. The van der Waals surface area contributed by atoms with Crippen LogP contribution in [0.2, 0.25) is 0 Å². The van der Waals surface area contributed by atoms with E-state index in [0.717, 1.165) is 24.2 Å². The van der Waals surface area contributed by atoms with Crippen LogP contribution in [-0.4, -0.2) is 43.3 Å². The topological polar surface area (TPSA) is 24.5 Å². The number of ether oxygens (including phenoxy) is 1. The molecule has 21 heavy (non-hydrogen) atoms. The molecule has 0 radical (unpaired) electrons. The van der Waals surface area contributed by atoms with Crippen molar-refractivity contribution in [2.45, 2.75) is 38.0 Å². The van der Waals surface area contributed by atoms with Crippen molar-refractivity contribution in [1.29, 1.82) is 0 Å². The minimum absolute atomic E-state index is 0.0157. The zero-order valence-corrected chi connectivity index (χ0v) is 13.9. The van der Waals surface area contributed by atoms with Crippen LogP contribution in [0.5, 0.6) is 0 Å². The van der Waals surface area contributed by atoms with Gasteiger partial charge >= 0.3 is 0 Å². The number of benzene rings is 1. The molecule has 5 heteroatoms. The maximum Gasteiger partial charge on any atom is 0.129 e. The lowest BCUT2D eigenvalue weighted by Crippen LogP contribution is -2.49. The average molecular weight is 357 g/mol. The van der Waals surface area contributed by atoms with E-state index in [1.54, 1.807) is 0 Å². The van der Waals surface area contributed by atoms with Gasteiger partial charge in [0.05, 0.1) is 12.7 Å². The molecule has 1 N–H and O–H groups in total. The smallest absolute Gasteiger partial charge is 0.129 e. The third kappa shape index (κ3) is 3.65. The molecule has 3 atom stereocenters. The van der Waals surface area contributed by atoms with Gasteiger partial charge in [-0.25, -0.2) is 4.39 Å². The van der Waals surface area contributed by atoms with Gasteiger partial charge in [0.2, 0.25) is 0 Å². The van der Waals surface area contributed by atoms with E-state index in [1.807, 2.05) is 19.1 Å². The van der Waals surface area contributed by atoms with Crippen LogP contribution in [0.4, 0.5) is 4.39 Å². The number of hydrogen-bond acceptors (Lipinski definition) is 3. The first-order chi connectivity index (χ1) is 10.1. The zero-order chi connectivity index (χ0) is 14.8. The lowest BCUT2D eigenvalue weighted by Gasteiger charge is -2.35. The normalized spacial score (nSPS) is 27.6. The standard InChI is InChI=1S/C16H22BrFN2O/c1-11(15-5-4-12(17)7-16(15)18)19-8-14-9-20-6-2-3-13(20)10-21-14/h4-5,7,11,13-14,19H,2-3,6,8-10H2,1H3. The number of nitrogens with zero attached hydrogens (tertiary/aromatic N) is 1. The molecule has 1 aromatic carbocycles. The van der Waals surface area contributed by atoms with Crippen molar-refractivity contribution in [2.24, 2.45) is 0 Å². The molecular formula is C16H22BrFN2O. The van der Waals surface area contributed by atoms with Crippen molar-refractivity contribution in [3.05, 3.63) is 34.1 Å². The van der Waals surface area contributed by atoms with Gasteiger partial charge in [0.1, 0.15) is 5.82 Å². The molecule has 0 amide bonds. The van der Waals surface area contributed by atoms with Gasteiger partial charge in [-0.3, -0.25) is 4.90 Å². The van der Waals surface area contributed by atoms with Crippen LogP contribution in [0.3, 0.4) is 0 Å². The van der Waals surface area contributed by atoms with Gasteiger partial charge in [-0.15, -0.1) is 0 Å². The Balaban J connectivity index is 1.52. The van der Waals surface area contributed by atoms with E-state index in [0.29, 0.717) is 11.6 Å². The molecule has 0 aromatic heterocycles. The van der Waals surface area contributed by atoms with Crippen molar-refractivity contribution in [1.82, 2.24) is 10.2 Å². The Hall–Kier alpha value is -0.490. The maximum atomic E-state index is 13.9. The molecule has 3 nitrogen and oxygen atoms in total. The van der Waals surface area contributed by atoms with Crippen LogP contribution in [0.15, 0.2) is 22.7 Å². The zero-order valence-electron chi connectivity index (χ0n) is 12.3. The highest BCUT2D eigenvalue weighted by Crippen LogP contribution is 2.24. The number of rotatable bonds is 4. The Labute approximate surface area is 134 Å². The van der Waals surface area contributed by atoms with Crippen LogP contribution in [-0.2, 0) is 4.74 Å². The summed E-state index contributed by atoms with van der Waals surface area (Å²) in [4.78, 5) is 2.53. The van der Waals surface area contributed by atoms with Crippen molar-refractivity contribution in [3.8, 4) is 0 Å². The second-order valence-corrected chi connectivity index (χ2v) is 6.96. The monoisotopic (exact) mass is 356 g/mol. The summed E-state index contributed by atoms with van der Waals surface area (Å²) >= 11 is 3.29. The lowest BCUT2D eigenvalue weighted by molar-refractivity contribution is -0.0477. The fourth-order valence-corrected chi connectivity index (χ4v) is 3.61. The SMILES string of the molecule is CC(NCC1CN2CCCC2CO1)c1ccc(Br)cc1F. The largest absolute Gasteiger partial charge is 0.374 e. The quantitative estimate of drug-likeness (QED) is 0.896. The number of halogens is 2. The first kappa shape index (κ1) is 15.4. The second-order valence-electron chi connectivity index (χ2n) is 6.04. The second kappa shape index (κ2) is 6.73. The Morgan fingerprint density at radius 2 is 2.38 bits per heavy atom. The van der Waals surface area contributed by atoms with E-state index >= 15 is 0 Å². The van der Waals surface area contributed by atoms with Gasteiger partial charge in [-0.1, -0.05) is 22.0 Å². The van der Waals surface area contributed by atoms with Crippen LogP contribution in [0.1, 0.15) is 31.4 Å². The third-order valence-corrected chi connectivity index (χ3v) is 5.04. The Kier molecular flexibility index (Phi) is 4.94. The molecule has 3 rings (SSSR count). The molecule has 2 aliphatic heterocycles. The summed E-state index contributed by atoms with van der Waals surface area (Å²) in [6.45, 7) is 5.79. The van der Waals surface area contributed by atoms with E-state index in [9.17, 15) is 4.39 Å². The van der Waals surface area contributed by atoms with Crippen LogP contribution in [0, 0.1) is 5.82 Å². The minimum atomic E-state index is -0.173. The molecule has 0 aliphatic carbocycles. The molecule has 0 saturated carbocycles. The molecule has 2 aliphatic rings. The molecule has 0 bridgehead atoms. The summed E-state index contributed by atoms with van der Waals surface area (Å²) in [5.41, 5.74) is 0.702. The first-order valence-corrected chi connectivity index (χ1v) is 8.47. The summed E-state index contributed by atoms with van der Waals surface area (Å²) < 4.78 is 20.6. The lowest BCUT2D eigenvalue weighted by atomic mass is 10.1. The molecule has 1 aromatic rings. The summed E-state index contributed by atoms with van der Waals surface area (Å²) in [6.07, 6.45) is 2.76. The van der Waals surface area contributed by atoms with Gasteiger partial charge < -0.3 is 10.1 Å². The number of nitrogens with one attached hydrogen (secondary N) is 1. The van der Waals surface area contributed by atoms with E-state index in [1.165, 1.54) is 25.5 Å². The third-order valence-electron chi connectivity index (χ3n) is 4.54. The number of morpholine rings is 1. The van der Waals surface area contributed by atoms with E-state index in [4.69, 9.17) is 4.74 Å². The highest BCUT2D eigenvalue weighted by Gasteiger charge is 2.32. The van der Waals surface area contributed by atoms with E-state index in [2.05, 4.69) is 26.1 Å². The molecule has 2 saturated heterocycles. The van der Waals surface area contributed by atoms with Gasteiger partial charge in [-0.2, -0.15) is 0 Å². The fourth-order valence-electron chi connectivity index (χ4n) is 3.28. The van der Waals surface area contributed by atoms with Crippen LogP contribution in [0.25, 0.3) is 0 Å². The Bertz CT molecular complexity index is 499. The predicted octanol–water partition coefficient (Wildman–Crippen LogP) is 3.10. The van der Waals surface area contributed by atoms with E-state index < -0.39 is 0 Å². The maximum absolute atomic E-state index is 13.9. The summed E-state index contributed by atoms with van der Waals surface area (Å²) in [6, 6.07) is 5.83. The average Bonchev–Trinajstić information content (AvgIpc) is 2.92. The van der Waals surface area contributed by atoms with Gasteiger partial charge in [0.25, 0.3) is 0 Å². The van der Waals surface area contributed by atoms with Gasteiger partial charge in [0.15, 0.2) is 0 Å². The summed E-state index contributed by atoms with van der Waals surface area (Å²) in [5.74, 6) is -0.173. The molecular weight excluding hydrogens is 335 g/mol. The van der Waals surface area contributed by atoms with Gasteiger partial charge in [0, 0.05) is 35.2 Å².